The zero-order valence-electron chi connectivity index (χ0n) is 40.5. The van der Waals surface area contributed by atoms with Crippen LogP contribution in [0.3, 0.4) is 0 Å². The van der Waals surface area contributed by atoms with Crippen LogP contribution in [0, 0.1) is 10.8 Å². The monoisotopic (exact) mass is 975 g/mol. The van der Waals surface area contributed by atoms with Gasteiger partial charge in [-0.25, -0.2) is 19.6 Å². The minimum atomic E-state index is -0.346. The Morgan fingerprint density at radius 2 is 1.09 bits per heavy atom. The van der Waals surface area contributed by atoms with E-state index in [1.54, 1.807) is 6.92 Å². The second kappa shape index (κ2) is 25.0. The first-order chi connectivity index (χ1) is 30.6. The molecule has 1 fully saturated rings. The maximum atomic E-state index is 12.5. The first-order valence-electron chi connectivity index (χ1n) is 23.9. The molecular formula is C49H80BBrN4O10. The Bertz CT molecular complexity index is 1890. The minimum absolute atomic E-state index is 0. The highest BCUT2D eigenvalue weighted by molar-refractivity contribution is 9.10. The Morgan fingerprint density at radius 3 is 1.52 bits per heavy atom. The molecule has 0 aromatic carbocycles. The number of halogens is 1. The summed E-state index contributed by atoms with van der Waals surface area (Å²) in [6.45, 7) is 28.7. The third-order valence-electron chi connectivity index (χ3n) is 13.3. The van der Waals surface area contributed by atoms with E-state index in [1.807, 2.05) is 39.2 Å². The van der Waals surface area contributed by atoms with Gasteiger partial charge in [0.15, 0.2) is 11.4 Å². The fourth-order valence-electron chi connectivity index (χ4n) is 8.82. The molecule has 0 amide bonds. The second-order valence-electron chi connectivity index (χ2n) is 18.4. The number of imidazole rings is 2. The molecular weight excluding hydrogens is 895 g/mol. The summed E-state index contributed by atoms with van der Waals surface area (Å²) in [6, 6.07) is 0. The quantitative estimate of drug-likeness (QED) is 0.104. The Balaban J connectivity index is 0.000000222. The van der Waals surface area contributed by atoms with Gasteiger partial charge in [0.2, 0.25) is 0 Å². The predicted molar refractivity (Wildman–Crippen MR) is 258 cm³/mol. The molecule has 2 aromatic heterocycles. The lowest BCUT2D eigenvalue weighted by atomic mass is 9.66. The van der Waals surface area contributed by atoms with Crippen LogP contribution in [0.2, 0.25) is 0 Å². The molecule has 5 aliphatic rings. The van der Waals surface area contributed by atoms with Crippen molar-refractivity contribution in [2.24, 2.45) is 10.8 Å². The van der Waals surface area contributed by atoms with Crippen molar-refractivity contribution < 1.29 is 47.3 Å². The van der Waals surface area contributed by atoms with Crippen LogP contribution in [0.15, 0.2) is 22.2 Å². The summed E-state index contributed by atoms with van der Waals surface area (Å²) in [5.41, 5.74) is 3.92. The molecule has 0 saturated carbocycles. The van der Waals surface area contributed by atoms with Gasteiger partial charge in [-0.3, -0.25) is 0 Å². The molecule has 0 bridgehead atoms. The standard InChI is InChI=1S/C21H32N2O4.C18H33BO4.C9H11BrN2O2.CH4/c1-4-25-14-21(15-26-5-2)11-9-16(10-12-21)19-18(20(24)27-6-3)22-17-8-7-13-23(17)19;1-7-20-13-18(14-21-8-2)11-9-15(10-12-18)19-22-16(3,4)17(5,6)23-19;1-2-14-9(13)7-8(10)12-5-3-4-6(12)11-7;/h9H,4-8,10-15H2,1-3H3;9H,7-8,10-14H2,1-6H3;2-5H2,1H3;1H4. The van der Waals surface area contributed by atoms with Crippen molar-refractivity contribution in [2.45, 2.75) is 165 Å². The number of aryl methyl sites for hydroxylation is 2. The topological polar surface area (TPSA) is 144 Å². The number of fused-ring (bicyclic) bond motifs is 2. The highest BCUT2D eigenvalue weighted by Gasteiger charge is 2.53. The number of aromatic nitrogens is 4. The van der Waals surface area contributed by atoms with Gasteiger partial charge in [0, 0.05) is 63.2 Å². The molecule has 0 atom stereocenters. The fraction of sp³-hybridized carbons (Fsp3) is 0.755. The third kappa shape index (κ3) is 13.4. The summed E-state index contributed by atoms with van der Waals surface area (Å²) < 4.78 is 50.5. The van der Waals surface area contributed by atoms with E-state index in [4.69, 9.17) is 37.7 Å². The van der Waals surface area contributed by atoms with E-state index in [-0.39, 0.29) is 48.5 Å². The first kappa shape index (κ1) is 54.7. The van der Waals surface area contributed by atoms with E-state index in [9.17, 15) is 9.59 Å². The molecule has 7 rings (SSSR count). The van der Waals surface area contributed by atoms with Gasteiger partial charge in [0.25, 0.3) is 0 Å². The summed E-state index contributed by atoms with van der Waals surface area (Å²) >= 11 is 3.37. The molecule has 0 radical (unpaired) electrons. The van der Waals surface area contributed by atoms with E-state index < -0.39 is 0 Å². The predicted octanol–water partition coefficient (Wildman–Crippen LogP) is 9.82. The number of rotatable bonds is 18. The van der Waals surface area contributed by atoms with Gasteiger partial charge in [0.1, 0.15) is 16.3 Å². The van der Waals surface area contributed by atoms with Gasteiger partial charge in [-0.15, -0.1) is 0 Å². The van der Waals surface area contributed by atoms with Crippen molar-refractivity contribution in [2.75, 3.05) is 66.1 Å². The van der Waals surface area contributed by atoms with E-state index in [1.165, 1.54) is 11.0 Å². The van der Waals surface area contributed by atoms with E-state index in [2.05, 4.69) is 70.3 Å². The van der Waals surface area contributed by atoms with E-state index in [0.717, 1.165) is 126 Å². The van der Waals surface area contributed by atoms with Gasteiger partial charge in [0.05, 0.1) is 56.5 Å². The summed E-state index contributed by atoms with van der Waals surface area (Å²) in [5.74, 6) is 1.33. The van der Waals surface area contributed by atoms with Crippen molar-refractivity contribution in [3.8, 4) is 0 Å². The zero-order valence-corrected chi connectivity index (χ0v) is 42.1. The van der Waals surface area contributed by atoms with Gasteiger partial charge < -0.3 is 46.9 Å². The highest BCUT2D eigenvalue weighted by Crippen LogP contribution is 2.44. The molecule has 1 saturated heterocycles. The summed E-state index contributed by atoms with van der Waals surface area (Å²) in [5, 5.41) is 0. The number of carbonyl (C=O) groups excluding carboxylic acids is 2. The minimum Gasteiger partial charge on any atom is -0.461 e. The number of hydrogen-bond acceptors (Lipinski definition) is 12. The van der Waals surface area contributed by atoms with Gasteiger partial charge in [-0.1, -0.05) is 19.6 Å². The van der Waals surface area contributed by atoms with E-state index in [0.29, 0.717) is 51.0 Å². The van der Waals surface area contributed by atoms with E-state index >= 15 is 0 Å². The Hall–Kier alpha value is -2.86. The van der Waals surface area contributed by atoms with Crippen LogP contribution in [0.4, 0.5) is 0 Å². The normalized spacial score (nSPS) is 19.6. The number of carbonyl (C=O) groups is 2. The van der Waals surface area contributed by atoms with Crippen LogP contribution in [-0.4, -0.2) is 115 Å². The van der Waals surface area contributed by atoms with Gasteiger partial charge in [-0.05, 0) is 148 Å². The van der Waals surface area contributed by atoms with Crippen LogP contribution < -0.4 is 0 Å². The number of hydrogen-bond donors (Lipinski definition) is 0. The summed E-state index contributed by atoms with van der Waals surface area (Å²) in [4.78, 5) is 32.8. The molecule has 0 unspecified atom stereocenters. The molecule has 0 spiro atoms. The summed E-state index contributed by atoms with van der Waals surface area (Å²) in [7, 11) is -0.211. The van der Waals surface area contributed by atoms with Crippen molar-refractivity contribution in [1.29, 1.82) is 0 Å². The Labute approximate surface area is 398 Å². The number of allylic oxidation sites excluding steroid dienone is 4. The van der Waals surface area contributed by atoms with Crippen molar-refractivity contribution in [1.82, 2.24) is 19.1 Å². The number of esters is 2. The van der Waals surface area contributed by atoms with Gasteiger partial charge >= 0.3 is 19.1 Å². The SMILES string of the molecule is C.CCOC(=O)c1nc2n(c1Br)CCC2.CCOCC1(COCC)CC=C(B2OC(C)(C)C(C)(C)O2)CC1.CCOCC1(COCC)CC=C(c2c(C(=O)OCC)nc3n2CCC3)CC1. The first-order valence-corrected chi connectivity index (χ1v) is 24.7. The third-order valence-corrected chi connectivity index (χ3v) is 14.1. The largest absolute Gasteiger partial charge is 0.490 e. The van der Waals surface area contributed by atoms with Crippen molar-refractivity contribution in [3.63, 3.8) is 0 Å². The second-order valence-corrected chi connectivity index (χ2v) is 19.1. The Morgan fingerprint density at radius 1 is 0.646 bits per heavy atom. The van der Waals surface area contributed by atoms with Crippen LogP contribution in [0.5, 0.6) is 0 Å². The molecule has 0 N–H and O–H groups in total. The van der Waals surface area contributed by atoms with Gasteiger partial charge in [-0.2, -0.15) is 0 Å². The smallest absolute Gasteiger partial charge is 0.461 e. The van der Waals surface area contributed by atoms with Crippen LogP contribution in [-0.2, 0) is 63.7 Å². The molecule has 2 aliphatic carbocycles. The lowest BCUT2D eigenvalue weighted by molar-refractivity contribution is -0.0222. The summed E-state index contributed by atoms with van der Waals surface area (Å²) in [6.07, 6.45) is 14.4. The lowest BCUT2D eigenvalue weighted by Crippen LogP contribution is -2.41. The lowest BCUT2D eigenvalue weighted by Gasteiger charge is -2.36. The van der Waals surface area contributed by atoms with Crippen molar-refractivity contribution >= 4 is 40.6 Å². The maximum Gasteiger partial charge on any atom is 0.490 e. The van der Waals surface area contributed by atoms with Crippen LogP contribution in [0.1, 0.15) is 166 Å². The van der Waals surface area contributed by atoms with Crippen molar-refractivity contribution in [3.05, 3.63) is 51.0 Å². The van der Waals surface area contributed by atoms with Crippen LogP contribution >= 0.6 is 15.9 Å². The average Bonchev–Trinajstić information content (AvgIpc) is 4.11. The number of nitrogens with zero attached hydrogens (tertiary/aromatic N) is 4. The fourth-order valence-corrected chi connectivity index (χ4v) is 9.46. The maximum absolute atomic E-state index is 12.5. The Kier molecular flexibility index (Phi) is 21.0. The molecule has 14 nitrogen and oxygen atoms in total. The van der Waals surface area contributed by atoms with Crippen LogP contribution in [0.25, 0.3) is 5.57 Å². The molecule has 16 heteroatoms. The zero-order chi connectivity index (χ0) is 46.5. The highest BCUT2D eigenvalue weighted by atomic mass is 79.9. The molecule has 3 aliphatic heterocycles. The molecule has 366 valence electrons. The molecule has 2 aromatic rings. The molecule has 5 heterocycles. The average molecular weight is 976 g/mol. The molecule has 65 heavy (non-hydrogen) atoms. The number of ether oxygens (including phenoxy) is 6.